The van der Waals surface area contributed by atoms with Crippen molar-refractivity contribution in [1.82, 2.24) is 10.1 Å². The Morgan fingerprint density at radius 1 is 0.235 bits per heavy atom. The lowest BCUT2D eigenvalue weighted by molar-refractivity contribution is -0.214. The van der Waals surface area contributed by atoms with Gasteiger partial charge in [0.05, 0.1) is 22.9 Å². The fourth-order valence-corrected chi connectivity index (χ4v) is 14.7. The van der Waals surface area contributed by atoms with Crippen molar-refractivity contribution in [3.63, 3.8) is 0 Å². The molecule has 0 radical (unpaired) electrons. The molecule has 6 nitrogen and oxygen atoms in total. The zero-order chi connectivity index (χ0) is 77.8. The summed E-state index contributed by atoms with van der Waals surface area (Å²) in [4.78, 5) is 33.9. The molecule has 1 fully saturated rings. The van der Waals surface area contributed by atoms with Crippen molar-refractivity contribution < 1.29 is 20.0 Å². The normalized spacial score (nSPS) is 16.3. The van der Waals surface area contributed by atoms with Crippen molar-refractivity contribution in [3.8, 4) is 0 Å². The minimum absolute atomic E-state index is 0.151. The second kappa shape index (κ2) is 27.8. The largest absolute Gasteiger partial charge is 0.286 e. The molecule has 1 aliphatic rings. The summed E-state index contributed by atoms with van der Waals surface area (Å²) in [6, 6.07) is 40.6. The maximum atomic E-state index is 17.0. The van der Waals surface area contributed by atoms with Crippen LogP contribution in [0.25, 0.3) is 0 Å². The van der Waals surface area contributed by atoms with Crippen molar-refractivity contribution in [3.05, 3.63) is 209 Å². The number of benzene rings is 6. The predicted octanol–water partition coefficient (Wildman–Crippen LogP) is 25.2. The first kappa shape index (κ1) is 83.5. The Balaban J connectivity index is 1.60. The molecule has 6 heteroatoms. The summed E-state index contributed by atoms with van der Waals surface area (Å²) < 4.78 is 0. The van der Waals surface area contributed by atoms with E-state index < -0.39 is 34.7 Å². The zero-order valence-corrected chi connectivity index (χ0v) is 71.4. The Kier molecular flexibility index (Phi) is 22.8. The molecule has 560 valence electrons. The number of hydrogen-bond donors (Lipinski definition) is 2. The Morgan fingerprint density at radius 2 is 0.343 bits per heavy atom. The van der Waals surface area contributed by atoms with Gasteiger partial charge in [-0.2, -0.15) is 0 Å². The van der Waals surface area contributed by atoms with Gasteiger partial charge in [-0.05, 0) is 178 Å². The van der Waals surface area contributed by atoms with Crippen molar-refractivity contribution in [2.75, 3.05) is 0 Å². The minimum Gasteiger partial charge on any atom is -0.286 e. The van der Waals surface area contributed by atoms with Gasteiger partial charge in [0.15, 0.2) is 0 Å². The summed E-state index contributed by atoms with van der Waals surface area (Å²) in [5.41, 5.74) is 13.9. The van der Waals surface area contributed by atoms with Crippen molar-refractivity contribution in [1.29, 1.82) is 0 Å². The molecule has 6 aromatic rings. The van der Waals surface area contributed by atoms with E-state index in [1.807, 2.05) is 0 Å². The molecule has 0 bridgehead atoms. The Hall–Kier alpha value is -5.82. The quantitative estimate of drug-likeness (QED) is 0.0727. The number of hydroxylamine groups is 4. The van der Waals surface area contributed by atoms with E-state index in [-0.39, 0.29) is 77.8 Å². The zero-order valence-electron chi connectivity index (χ0n) is 71.4. The van der Waals surface area contributed by atoms with Crippen LogP contribution >= 0.6 is 0 Å². The lowest BCUT2D eigenvalue weighted by Crippen LogP contribution is -2.56. The third-order valence-corrected chi connectivity index (χ3v) is 22.6. The fraction of sp³-hybridized carbons (Fsp3) is 0.604. The van der Waals surface area contributed by atoms with Gasteiger partial charge >= 0.3 is 0 Å². The van der Waals surface area contributed by atoms with Crippen molar-refractivity contribution in [2.24, 2.45) is 0 Å². The molecule has 0 aliphatic heterocycles. The Labute approximate surface area is 623 Å². The molecule has 0 aromatic heterocycles. The molecule has 2 N–H and O–H groups in total. The van der Waals surface area contributed by atoms with E-state index >= 15 is 9.59 Å². The van der Waals surface area contributed by atoms with Crippen LogP contribution in [0.15, 0.2) is 109 Å². The molecule has 2 atom stereocenters. The summed E-state index contributed by atoms with van der Waals surface area (Å²) in [5.74, 6) is -0.956. The van der Waals surface area contributed by atoms with Gasteiger partial charge in [-0.3, -0.25) is 20.0 Å². The second-order valence-electron chi connectivity index (χ2n) is 43.9. The van der Waals surface area contributed by atoms with E-state index in [9.17, 15) is 10.4 Å². The summed E-state index contributed by atoms with van der Waals surface area (Å²) in [5, 5.41) is 29.3. The third kappa shape index (κ3) is 18.3. The molecular formula is C96H142N2O4. The van der Waals surface area contributed by atoms with Gasteiger partial charge in [0.2, 0.25) is 11.8 Å². The van der Waals surface area contributed by atoms with Crippen LogP contribution in [0.2, 0.25) is 0 Å². The summed E-state index contributed by atoms with van der Waals surface area (Å²) >= 11 is 0. The highest BCUT2D eigenvalue weighted by Gasteiger charge is 2.49. The molecule has 7 rings (SSSR count). The average molecular weight is 1390 g/mol. The van der Waals surface area contributed by atoms with Crippen LogP contribution in [0.4, 0.5) is 0 Å². The molecule has 102 heavy (non-hydrogen) atoms. The van der Waals surface area contributed by atoms with E-state index in [1.165, 1.54) is 0 Å². The first-order valence-corrected chi connectivity index (χ1v) is 38.7. The lowest BCUT2D eigenvalue weighted by atomic mass is 9.62. The molecule has 0 spiro atoms. The average Bonchev–Trinajstić information content (AvgIpc) is 0.726. The monoisotopic (exact) mass is 1390 g/mol. The molecule has 1 saturated carbocycles. The molecule has 1 aliphatic carbocycles. The summed E-state index contributed by atoms with van der Waals surface area (Å²) in [7, 11) is 0. The predicted molar refractivity (Wildman–Crippen MR) is 435 cm³/mol. The van der Waals surface area contributed by atoms with E-state index in [0.29, 0.717) is 25.7 Å². The Morgan fingerprint density at radius 3 is 0.451 bits per heavy atom. The van der Waals surface area contributed by atoms with E-state index in [1.54, 1.807) is 0 Å². The van der Waals surface area contributed by atoms with Gasteiger partial charge in [0.1, 0.15) is 0 Å². The highest BCUT2D eigenvalue weighted by molar-refractivity contribution is 5.82. The smallest absolute Gasteiger partial charge is 0.247 e. The van der Waals surface area contributed by atoms with E-state index in [4.69, 9.17) is 0 Å². The van der Waals surface area contributed by atoms with Crippen LogP contribution in [0.1, 0.15) is 388 Å². The van der Waals surface area contributed by atoms with Crippen LogP contribution in [-0.2, 0) is 85.4 Å². The number of amides is 2. The van der Waals surface area contributed by atoms with Crippen LogP contribution in [-0.4, -0.2) is 44.4 Å². The van der Waals surface area contributed by atoms with Crippen LogP contribution < -0.4 is 0 Å². The third-order valence-electron chi connectivity index (χ3n) is 22.6. The van der Waals surface area contributed by atoms with Gasteiger partial charge < -0.3 is 0 Å². The van der Waals surface area contributed by atoms with Gasteiger partial charge in [0.25, 0.3) is 0 Å². The number of nitrogens with zero attached hydrogens (tertiary/aromatic N) is 2. The van der Waals surface area contributed by atoms with Crippen LogP contribution in [0.5, 0.6) is 0 Å². The van der Waals surface area contributed by atoms with E-state index in [2.05, 4.69) is 358 Å². The molecule has 6 aromatic carbocycles. The summed E-state index contributed by atoms with van der Waals surface area (Å²) in [6.45, 7) is 81.9. The first-order chi connectivity index (χ1) is 45.7. The van der Waals surface area contributed by atoms with E-state index in [0.717, 1.165) is 110 Å². The lowest BCUT2D eigenvalue weighted by Gasteiger charge is -2.44. The van der Waals surface area contributed by atoms with Crippen LogP contribution in [0.3, 0.4) is 0 Å². The number of rotatable bonds is 12. The molecule has 0 saturated heterocycles. The van der Waals surface area contributed by atoms with Gasteiger partial charge in [-0.25, -0.2) is 10.1 Å². The van der Waals surface area contributed by atoms with Gasteiger partial charge in [-0.1, -0.05) is 371 Å². The van der Waals surface area contributed by atoms with Crippen LogP contribution in [0, 0.1) is 0 Å². The Bertz CT molecular complexity index is 3200. The number of carbonyl (C=O) groups is 2. The summed E-state index contributed by atoms with van der Waals surface area (Å²) in [6.07, 6.45) is 1.82. The van der Waals surface area contributed by atoms with Crippen molar-refractivity contribution >= 4 is 11.8 Å². The minimum atomic E-state index is -1.21. The number of hydrogen-bond acceptors (Lipinski definition) is 4. The van der Waals surface area contributed by atoms with Gasteiger partial charge in [-0.15, -0.1) is 0 Å². The molecule has 2 amide bonds. The highest BCUT2D eigenvalue weighted by Crippen LogP contribution is 2.53. The highest BCUT2D eigenvalue weighted by atomic mass is 16.5. The molecule has 0 unspecified atom stereocenters. The maximum absolute atomic E-state index is 17.0. The maximum Gasteiger partial charge on any atom is 0.247 e. The van der Waals surface area contributed by atoms with Gasteiger partial charge in [0, 0.05) is 12.8 Å². The molecular weight excluding hydrogens is 1250 g/mol. The second-order valence-corrected chi connectivity index (χ2v) is 43.9. The standard InChI is InChI=1S/C96H142N2O4/c1-83(2,3)61-41-62(84(4,5)6)48-73(47-61)95(74-49-63(85(7,8)9)42-64(50-74)86(10,11)12,75-51-65(87(13,14)15)43-66(52-75)88(16,17)18)59-81(99)97(101)79-39-37-38-40-80(79)98(102)82(100)60-96(76-53-67(89(19,20)21)44-68(54-76)90(22,23)24,77-55-69(91(25,26)27)45-70(56-77)92(28,29)30)78-57-71(93(31,32)33)46-72(58-78)94(34,35)36/h41-58,79-80,101-102H,37-40,59-60H2,1-36H3/t79-,80-/m1/s1. The SMILES string of the molecule is CC(C)(C)c1cc(C(C)(C)C)cc(C(CC(=O)N(O)[C@@H]2CCCC[C@H]2N(O)C(=O)CC(c2cc(C(C)(C)C)cc(C(C)(C)C)c2)(c2cc(C(C)(C)C)cc(C(C)(C)C)c2)c2cc(C(C)(C)C)cc(C(C)(C)C)c2)(c2cc(C(C)(C)C)cc(C(C)(C)C)c2)c2cc(C(C)(C)C)cc(C(C)(C)C)c2)c1. The first-order valence-electron chi connectivity index (χ1n) is 38.7. The fourth-order valence-electron chi connectivity index (χ4n) is 14.7. The number of carbonyl (C=O) groups excluding carboxylic acids is 2. The molecule has 0 heterocycles. The topological polar surface area (TPSA) is 81.1 Å². The van der Waals surface area contributed by atoms with Crippen molar-refractivity contribution in [2.45, 2.75) is 376 Å².